The summed E-state index contributed by atoms with van der Waals surface area (Å²) in [5, 5.41) is 11.4. The molecule has 6 N–H and O–H groups in total. The molecular weight excluding hydrogens is 1050 g/mol. The number of hydrogen-bond donors (Lipinski definition) is 6. The highest BCUT2D eigenvalue weighted by Crippen LogP contribution is 2.40. The molecule has 0 bridgehead atoms. The highest BCUT2D eigenvalue weighted by Gasteiger charge is 2.30. The molecule has 0 spiro atoms. The summed E-state index contributed by atoms with van der Waals surface area (Å²) < 4.78 is 119. The first-order chi connectivity index (χ1) is 35.5. The molecule has 0 saturated carbocycles. The Hall–Kier alpha value is -4.88. The van der Waals surface area contributed by atoms with E-state index in [2.05, 4.69) is 30.7 Å². The van der Waals surface area contributed by atoms with Crippen LogP contribution in [0.15, 0.2) is 70.5 Å². The summed E-state index contributed by atoms with van der Waals surface area (Å²) in [6.45, 7) is 6.63. The van der Waals surface area contributed by atoms with Crippen molar-refractivity contribution in [1.82, 2.24) is 30.7 Å². The third-order valence-electron chi connectivity index (χ3n) is 11.9. The van der Waals surface area contributed by atoms with Crippen LogP contribution in [-0.2, 0) is 51.8 Å². The second-order valence-electron chi connectivity index (χ2n) is 17.4. The molecular formula is C50H64Cl2F2N6O12S2. The van der Waals surface area contributed by atoms with E-state index in [0.717, 1.165) is 0 Å². The first-order valence-corrected chi connectivity index (χ1v) is 28.1. The van der Waals surface area contributed by atoms with Gasteiger partial charge in [0.1, 0.15) is 35.3 Å². The van der Waals surface area contributed by atoms with Crippen molar-refractivity contribution >= 4 is 55.3 Å². The van der Waals surface area contributed by atoms with Crippen LogP contribution in [0.4, 0.5) is 18.4 Å². The van der Waals surface area contributed by atoms with Crippen LogP contribution < -0.4 is 40.2 Å². The van der Waals surface area contributed by atoms with Gasteiger partial charge in [0, 0.05) is 49.3 Å². The van der Waals surface area contributed by atoms with Gasteiger partial charge in [-0.05, 0) is 146 Å². The van der Waals surface area contributed by atoms with Gasteiger partial charge in [-0.1, -0.05) is 23.2 Å². The molecule has 0 fully saturated rings. The molecule has 4 aromatic carbocycles. The standard InChI is InChI=1S/C50H64Cl2F2N6O12S2/c1-33-27-37(5-9-45(33)71-47-11-7-39-41(47)29-35(51)31-43(39)53)73(63,64)59-17-21-69-25-23-67-19-15-57-49(61)55-13-3-4-14-56-50(62)58-16-20-68-24-26-70-22-18-60-74(65,66)38-6-10-46(34(2)28-38)72-48-12-8-40-42(48)30-36(52)32-44(40)54/h5-6,9-10,27-32,47-48,59-60H,3-4,7-8,11-26H2,1-2H3,(H2,55,57,61)(H2,56,58,62)/t47-,48-/m1/s1. The minimum absolute atomic E-state index is 0.0456. The first kappa shape index (κ1) is 58.4. The number of fused-ring (bicyclic) bond motifs is 2. The Morgan fingerprint density at radius 1 is 0.527 bits per heavy atom. The minimum atomic E-state index is -3.81. The maximum atomic E-state index is 14.3. The number of ether oxygens (including phenoxy) is 6. The van der Waals surface area contributed by atoms with Crippen LogP contribution in [0.25, 0.3) is 0 Å². The molecule has 2 atom stereocenters. The lowest BCUT2D eigenvalue weighted by Gasteiger charge is -2.18. The van der Waals surface area contributed by atoms with Crippen molar-refractivity contribution in [1.29, 1.82) is 0 Å². The van der Waals surface area contributed by atoms with Crippen LogP contribution in [0.2, 0.25) is 10.0 Å². The van der Waals surface area contributed by atoms with Gasteiger partial charge < -0.3 is 49.7 Å². The first-order valence-electron chi connectivity index (χ1n) is 24.3. The Labute approximate surface area is 441 Å². The number of urea groups is 2. The smallest absolute Gasteiger partial charge is 0.314 e. The highest BCUT2D eigenvalue weighted by atomic mass is 35.5. The zero-order valence-electron chi connectivity index (χ0n) is 41.3. The van der Waals surface area contributed by atoms with Gasteiger partial charge in [0.15, 0.2) is 0 Å². The highest BCUT2D eigenvalue weighted by molar-refractivity contribution is 7.89. The normalized spacial score (nSPS) is 15.1. The fourth-order valence-corrected chi connectivity index (χ4v) is 10.8. The van der Waals surface area contributed by atoms with Crippen molar-refractivity contribution in [2.45, 2.75) is 74.4 Å². The number of benzene rings is 4. The van der Waals surface area contributed by atoms with E-state index in [0.29, 0.717) is 107 Å². The summed E-state index contributed by atoms with van der Waals surface area (Å²) in [5.41, 5.74) is 3.81. The van der Waals surface area contributed by atoms with Gasteiger partial charge in [0.05, 0.1) is 62.6 Å². The maximum Gasteiger partial charge on any atom is 0.314 e. The fourth-order valence-electron chi connectivity index (χ4n) is 8.16. The number of nitrogens with one attached hydrogen (secondary N) is 6. The molecule has 24 heteroatoms. The number of aryl methyl sites for hydroxylation is 2. The number of carbonyl (C=O) groups excluding carboxylic acids is 2. The third-order valence-corrected chi connectivity index (χ3v) is 15.3. The SMILES string of the molecule is Cc1cc(S(=O)(=O)NCCOCCOCCNC(=O)NCCCCNC(=O)NCCOCCOCCNS(=O)(=O)c2ccc(O[C@@H]3CCc4c(F)cc(Cl)cc43)c(C)c2)ccc1O[C@@H]1CCc2c(F)cc(Cl)cc21. The van der Waals surface area contributed by atoms with Gasteiger partial charge in [-0.25, -0.2) is 44.6 Å². The van der Waals surface area contributed by atoms with Crippen molar-refractivity contribution in [3.63, 3.8) is 0 Å². The Morgan fingerprint density at radius 2 is 0.892 bits per heavy atom. The van der Waals surface area contributed by atoms with E-state index < -0.39 is 20.0 Å². The van der Waals surface area contributed by atoms with Gasteiger partial charge in [0.25, 0.3) is 0 Å². The molecule has 406 valence electrons. The van der Waals surface area contributed by atoms with Crippen molar-refractivity contribution in [3.8, 4) is 11.5 Å². The van der Waals surface area contributed by atoms with Crippen molar-refractivity contribution in [3.05, 3.63) is 116 Å². The lowest BCUT2D eigenvalue weighted by molar-refractivity contribution is 0.0516. The van der Waals surface area contributed by atoms with Gasteiger partial charge in [-0.2, -0.15) is 0 Å². The van der Waals surface area contributed by atoms with E-state index in [-0.39, 0.29) is 125 Å². The van der Waals surface area contributed by atoms with Crippen LogP contribution in [0.1, 0.15) is 71.3 Å². The number of hydrogen-bond acceptors (Lipinski definition) is 12. The monoisotopic (exact) mass is 1110 g/mol. The van der Waals surface area contributed by atoms with Crippen molar-refractivity contribution in [2.75, 3.05) is 92.1 Å². The zero-order valence-corrected chi connectivity index (χ0v) is 44.4. The summed E-state index contributed by atoms with van der Waals surface area (Å²) >= 11 is 12.1. The lowest BCUT2D eigenvalue weighted by Crippen LogP contribution is -2.39. The van der Waals surface area contributed by atoms with Gasteiger partial charge in [0.2, 0.25) is 20.0 Å². The van der Waals surface area contributed by atoms with Gasteiger partial charge >= 0.3 is 12.1 Å². The molecule has 0 heterocycles. The van der Waals surface area contributed by atoms with Crippen molar-refractivity contribution < 1.29 is 63.6 Å². The van der Waals surface area contributed by atoms with Crippen LogP contribution in [0.5, 0.6) is 11.5 Å². The number of unbranched alkanes of at least 4 members (excludes halogenated alkanes) is 1. The molecule has 4 amide bonds. The van der Waals surface area contributed by atoms with E-state index in [1.54, 1.807) is 38.1 Å². The summed E-state index contributed by atoms with van der Waals surface area (Å²) in [6.07, 6.45) is 2.74. The van der Waals surface area contributed by atoms with E-state index in [1.807, 2.05) is 0 Å². The second kappa shape index (κ2) is 28.9. The molecule has 18 nitrogen and oxygen atoms in total. The average Bonchev–Trinajstić information content (AvgIpc) is 3.96. The number of rotatable bonds is 31. The largest absolute Gasteiger partial charge is 0.485 e. The summed E-state index contributed by atoms with van der Waals surface area (Å²) in [7, 11) is -7.62. The van der Waals surface area contributed by atoms with Crippen LogP contribution in [-0.4, -0.2) is 121 Å². The Bertz CT molecular complexity index is 2580. The molecule has 74 heavy (non-hydrogen) atoms. The van der Waals surface area contributed by atoms with Crippen LogP contribution in [0, 0.1) is 25.5 Å². The molecule has 0 aromatic heterocycles. The molecule has 2 aliphatic carbocycles. The number of carbonyl (C=O) groups is 2. The quantitative estimate of drug-likeness (QED) is 0.0289. The maximum absolute atomic E-state index is 14.3. The fraction of sp³-hybridized carbons (Fsp3) is 0.480. The van der Waals surface area contributed by atoms with Crippen LogP contribution in [0.3, 0.4) is 0 Å². The van der Waals surface area contributed by atoms with E-state index in [9.17, 15) is 35.2 Å². The minimum Gasteiger partial charge on any atom is -0.485 e. The Kier molecular flexibility index (Phi) is 22.8. The summed E-state index contributed by atoms with van der Waals surface area (Å²) in [6, 6.07) is 14.4. The summed E-state index contributed by atoms with van der Waals surface area (Å²) in [5.74, 6) is 0.291. The molecule has 0 saturated heterocycles. The molecule has 0 aliphatic heterocycles. The summed E-state index contributed by atoms with van der Waals surface area (Å²) in [4.78, 5) is 24.3. The van der Waals surface area contributed by atoms with Gasteiger partial charge in [-0.15, -0.1) is 0 Å². The molecule has 6 rings (SSSR count). The van der Waals surface area contributed by atoms with E-state index >= 15 is 0 Å². The van der Waals surface area contributed by atoms with E-state index in [4.69, 9.17) is 51.6 Å². The predicted octanol–water partition coefficient (Wildman–Crippen LogP) is 6.72. The Balaban J connectivity index is 0.686. The molecule has 2 aliphatic rings. The Morgan fingerprint density at radius 3 is 1.27 bits per heavy atom. The average molecular weight is 1110 g/mol. The predicted molar refractivity (Wildman–Crippen MR) is 274 cm³/mol. The second-order valence-corrected chi connectivity index (χ2v) is 21.8. The molecule has 4 aromatic rings. The molecule has 0 radical (unpaired) electrons. The number of halogens is 4. The third kappa shape index (κ3) is 17.9. The van der Waals surface area contributed by atoms with E-state index in [1.165, 1.54) is 36.4 Å². The lowest BCUT2D eigenvalue weighted by atomic mass is 10.1. The number of sulfonamides is 2. The van der Waals surface area contributed by atoms with Crippen LogP contribution >= 0.6 is 23.2 Å². The zero-order chi connectivity index (χ0) is 53.1. The topological polar surface area (TPSA) is 230 Å². The van der Waals surface area contributed by atoms with Crippen molar-refractivity contribution in [2.24, 2.45) is 0 Å². The molecule has 0 unspecified atom stereocenters. The van der Waals surface area contributed by atoms with Gasteiger partial charge in [-0.3, -0.25) is 0 Å². The number of amides is 4.